The minimum Gasteiger partial charge on any atom is -0.227 e. The van der Waals surface area contributed by atoms with Crippen LogP contribution in [-0.4, -0.2) is 44.9 Å². The molecule has 31 heavy (non-hydrogen) atoms. The van der Waals surface area contributed by atoms with Gasteiger partial charge in [0.25, 0.3) is 3.91 Å². The Morgan fingerprint density at radius 2 is 0.742 bits per heavy atom. The van der Waals surface area contributed by atoms with Crippen LogP contribution >= 0.6 is 0 Å². The summed E-state index contributed by atoms with van der Waals surface area (Å²) in [6.45, 7) is 0. The number of rotatable bonds is 5. The molecule has 9 heteroatoms. The molecule has 0 spiro atoms. The van der Waals surface area contributed by atoms with Crippen molar-refractivity contribution < 1.29 is 25.3 Å². The number of hydrogen-bond acceptors (Lipinski definition) is 6. The second kappa shape index (κ2) is 6.29. The molecule has 0 aromatic rings. The van der Waals surface area contributed by atoms with E-state index >= 15 is 0 Å². The van der Waals surface area contributed by atoms with E-state index in [4.69, 9.17) is 0 Å². The highest BCUT2D eigenvalue weighted by molar-refractivity contribution is 8.24. The zero-order valence-corrected chi connectivity index (χ0v) is 20.7. The fourth-order valence-corrected chi connectivity index (χ4v) is 20.9. The first-order valence-electron chi connectivity index (χ1n) is 12.0. The van der Waals surface area contributed by atoms with E-state index in [0.29, 0.717) is 74.0 Å². The van der Waals surface area contributed by atoms with Gasteiger partial charge in [0.15, 0.2) is 29.5 Å². The Morgan fingerprint density at radius 1 is 0.516 bits per heavy atom. The van der Waals surface area contributed by atoms with Crippen LogP contribution in [0.2, 0.25) is 0 Å². The topological polar surface area (TPSA) is 102 Å². The summed E-state index contributed by atoms with van der Waals surface area (Å²) in [5, 5.41) is 0. The van der Waals surface area contributed by atoms with E-state index in [9.17, 15) is 25.3 Å². The molecule has 0 aromatic heterocycles. The molecule has 0 aromatic carbocycles. The molecular formula is C22H34O6S3. The molecule has 0 radical (unpaired) electrons. The van der Waals surface area contributed by atoms with Gasteiger partial charge in [-0.3, -0.25) is 0 Å². The molecule has 0 saturated heterocycles. The van der Waals surface area contributed by atoms with Crippen LogP contribution < -0.4 is 0 Å². The molecule has 0 unspecified atom stereocenters. The zero-order valence-electron chi connectivity index (χ0n) is 18.2. The van der Waals surface area contributed by atoms with Crippen molar-refractivity contribution in [2.75, 3.05) is 6.26 Å². The van der Waals surface area contributed by atoms with Gasteiger partial charge in [0.2, 0.25) is 0 Å². The van der Waals surface area contributed by atoms with Crippen LogP contribution in [0.5, 0.6) is 0 Å². The minimum absolute atomic E-state index is 0.295. The van der Waals surface area contributed by atoms with Gasteiger partial charge in [-0.15, -0.1) is 0 Å². The summed E-state index contributed by atoms with van der Waals surface area (Å²) < 4.78 is 78.4. The van der Waals surface area contributed by atoms with Crippen LogP contribution in [-0.2, 0) is 29.5 Å². The third-order valence-corrected chi connectivity index (χ3v) is 20.3. The van der Waals surface area contributed by atoms with Crippen LogP contribution in [0.4, 0.5) is 0 Å². The van der Waals surface area contributed by atoms with E-state index in [1.807, 2.05) is 0 Å². The summed E-state index contributed by atoms with van der Waals surface area (Å²) in [6, 6.07) is 0. The minimum atomic E-state index is -4.40. The van der Waals surface area contributed by atoms with E-state index in [-0.39, 0.29) is 0 Å². The van der Waals surface area contributed by atoms with Crippen molar-refractivity contribution in [2.24, 2.45) is 35.5 Å². The lowest BCUT2D eigenvalue weighted by molar-refractivity contribution is 0.0326. The van der Waals surface area contributed by atoms with Crippen molar-refractivity contribution in [1.82, 2.24) is 0 Å². The lowest BCUT2D eigenvalue weighted by atomic mass is 9.56. The van der Waals surface area contributed by atoms with Gasteiger partial charge in [-0.1, -0.05) is 0 Å². The highest BCUT2D eigenvalue weighted by Gasteiger charge is 2.68. The Hall–Kier alpha value is -0.150. The molecule has 0 amide bonds. The second-order valence-electron chi connectivity index (χ2n) is 12.4. The second-order valence-corrected chi connectivity index (χ2v) is 20.3. The normalized spacial score (nSPS) is 49.5. The maximum Gasteiger partial charge on any atom is 0.263 e. The van der Waals surface area contributed by atoms with Gasteiger partial charge < -0.3 is 0 Å². The number of hydrogen-bond donors (Lipinski definition) is 0. The molecule has 8 bridgehead atoms. The third kappa shape index (κ3) is 2.87. The van der Waals surface area contributed by atoms with E-state index in [0.717, 1.165) is 44.8 Å². The molecule has 8 saturated carbocycles. The van der Waals surface area contributed by atoms with Crippen LogP contribution in [0.25, 0.3) is 0 Å². The van der Waals surface area contributed by atoms with E-state index < -0.39 is 42.9 Å². The van der Waals surface area contributed by atoms with Gasteiger partial charge in [0.1, 0.15) is 0 Å². The van der Waals surface area contributed by atoms with E-state index in [1.54, 1.807) is 0 Å². The van der Waals surface area contributed by atoms with Gasteiger partial charge in [-0.05, 0) is 113 Å². The van der Waals surface area contributed by atoms with E-state index in [1.165, 1.54) is 0 Å². The molecule has 8 fully saturated rings. The molecule has 6 nitrogen and oxygen atoms in total. The molecule has 8 rings (SSSR count). The Balaban J connectivity index is 1.47. The van der Waals surface area contributed by atoms with Crippen LogP contribution in [0.3, 0.4) is 0 Å². The molecule has 8 aliphatic carbocycles. The highest BCUT2D eigenvalue weighted by atomic mass is 32.3. The largest absolute Gasteiger partial charge is 0.263 e. The van der Waals surface area contributed by atoms with Crippen molar-refractivity contribution in [3.63, 3.8) is 0 Å². The Labute approximate surface area is 186 Å². The first kappa shape index (κ1) is 21.4. The van der Waals surface area contributed by atoms with Crippen molar-refractivity contribution >= 4 is 29.5 Å². The van der Waals surface area contributed by atoms with Crippen molar-refractivity contribution in [3.8, 4) is 0 Å². The van der Waals surface area contributed by atoms with Gasteiger partial charge in [0.05, 0.1) is 9.49 Å². The van der Waals surface area contributed by atoms with Gasteiger partial charge >= 0.3 is 0 Å². The summed E-state index contributed by atoms with van der Waals surface area (Å²) in [7, 11) is -13.2. The Kier molecular flexibility index (Phi) is 4.34. The van der Waals surface area contributed by atoms with Crippen molar-refractivity contribution in [2.45, 2.75) is 90.5 Å². The van der Waals surface area contributed by atoms with Gasteiger partial charge in [0, 0.05) is 6.26 Å². The molecule has 0 atom stereocenters. The van der Waals surface area contributed by atoms with Crippen LogP contribution in [0.1, 0.15) is 77.0 Å². The number of sulfone groups is 3. The van der Waals surface area contributed by atoms with E-state index in [2.05, 4.69) is 0 Å². The lowest BCUT2D eigenvalue weighted by Crippen LogP contribution is -2.63. The fourth-order valence-electron chi connectivity index (χ4n) is 9.79. The predicted molar refractivity (Wildman–Crippen MR) is 118 cm³/mol. The molecule has 0 aliphatic heterocycles. The van der Waals surface area contributed by atoms with Gasteiger partial charge in [-0.25, -0.2) is 25.3 Å². The SMILES string of the molecule is CS(=O)(=O)C(S(=O)(=O)C12CC3CC(CC(C3)C1)C2)S(=O)(=O)C12CC3CC(CC(C3)C1)C2. The van der Waals surface area contributed by atoms with Crippen molar-refractivity contribution in [3.05, 3.63) is 0 Å². The monoisotopic (exact) mass is 490 g/mol. The highest BCUT2D eigenvalue weighted by Crippen LogP contribution is 2.63. The molecule has 0 N–H and O–H groups in total. The Bertz CT molecular complexity index is 973. The Morgan fingerprint density at radius 3 is 0.935 bits per heavy atom. The predicted octanol–water partition coefficient (Wildman–Crippen LogP) is 3.08. The zero-order chi connectivity index (χ0) is 22.0. The van der Waals surface area contributed by atoms with Crippen LogP contribution in [0, 0.1) is 35.5 Å². The third-order valence-electron chi connectivity index (χ3n) is 10.0. The summed E-state index contributed by atoms with van der Waals surface area (Å²) >= 11 is 0. The standard InChI is InChI=1S/C22H34O6S3/c1-29(23,24)20(30(25,26)21-8-14-2-15(9-21)4-16(3-14)10-21)31(27,28)22-11-17-5-18(12-22)7-19(6-17)13-22/h14-20H,2-13H2,1H3. The first-order chi connectivity index (χ1) is 14.3. The summed E-state index contributed by atoms with van der Waals surface area (Å²) in [5.41, 5.74) is 0. The average molecular weight is 491 g/mol. The maximum atomic E-state index is 14.2. The average Bonchev–Trinajstić information content (AvgIpc) is 2.57. The molecule has 8 aliphatic rings. The molecule has 0 heterocycles. The smallest absolute Gasteiger partial charge is 0.227 e. The summed E-state index contributed by atoms with van der Waals surface area (Å²) in [4.78, 5) is 0. The van der Waals surface area contributed by atoms with Crippen LogP contribution in [0.15, 0.2) is 0 Å². The molecular weight excluding hydrogens is 456 g/mol. The first-order valence-corrected chi connectivity index (χ1v) is 17.0. The lowest BCUT2D eigenvalue weighted by Gasteiger charge is -2.58. The summed E-state index contributed by atoms with van der Waals surface area (Å²) in [6.07, 6.45) is 9.61. The summed E-state index contributed by atoms with van der Waals surface area (Å²) in [5.74, 6) is 1.77. The van der Waals surface area contributed by atoms with Crippen molar-refractivity contribution in [1.29, 1.82) is 0 Å². The molecule has 176 valence electrons. The van der Waals surface area contributed by atoms with Gasteiger partial charge in [-0.2, -0.15) is 0 Å². The quantitative estimate of drug-likeness (QED) is 0.587. The maximum absolute atomic E-state index is 14.2. The fraction of sp³-hybridized carbons (Fsp3) is 1.00.